The maximum Gasteiger partial charge on any atom is 0.471 e. The van der Waals surface area contributed by atoms with E-state index in [4.69, 9.17) is 0 Å². The van der Waals surface area contributed by atoms with Crippen molar-refractivity contribution in [2.45, 2.75) is 31.9 Å². The van der Waals surface area contributed by atoms with Crippen LogP contribution in [-0.2, 0) is 16.0 Å². The van der Waals surface area contributed by atoms with E-state index >= 15 is 0 Å². The van der Waals surface area contributed by atoms with Gasteiger partial charge >= 0.3 is 12.1 Å². The smallest absolute Gasteiger partial charge is 0.326 e. The van der Waals surface area contributed by atoms with Crippen LogP contribution in [-0.4, -0.2) is 18.0 Å². The van der Waals surface area contributed by atoms with Crippen molar-refractivity contribution in [3.63, 3.8) is 0 Å². The third kappa shape index (κ3) is 6.58. The third-order valence-electron chi connectivity index (χ3n) is 3.65. The van der Waals surface area contributed by atoms with Gasteiger partial charge in [-0.05, 0) is 49.1 Å². The SMILES string of the molecule is O=C(CCCCc1ccccc1)Nc1ccc(NC(=O)C(F)(F)F)cc1. The fraction of sp³-hybridized carbons (Fsp3) is 0.263. The van der Waals surface area contributed by atoms with E-state index in [1.165, 1.54) is 29.8 Å². The van der Waals surface area contributed by atoms with Gasteiger partial charge in [0, 0.05) is 17.8 Å². The van der Waals surface area contributed by atoms with Crippen LogP contribution in [0.2, 0.25) is 0 Å². The van der Waals surface area contributed by atoms with Gasteiger partial charge in [-0.25, -0.2) is 0 Å². The van der Waals surface area contributed by atoms with Crippen LogP contribution in [0, 0.1) is 0 Å². The molecule has 0 bridgehead atoms. The minimum Gasteiger partial charge on any atom is -0.326 e. The normalized spacial score (nSPS) is 11.0. The van der Waals surface area contributed by atoms with Crippen molar-refractivity contribution in [2.24, 2.45) is 0 Å². The highest BCUT2D eigenvalue weighted by atomic mass is 19.4. The van der Waals surface area contributed by atoms with Crippen LogP contribution in [0.5, 0.6) is 0 Å². The highest BCUT2D eigenvalue weighted by Crippen LogP contribution is 2.19. The molecule has 4 nitrogen and oxygen atoms in total. The third-order valence-corrected chi connectivity index (χ3v) is 3.65. The Bertz CT molecular complexity index is 729. The highest BCUT2D eigenvalue weighted by Gasteiger charge is 2.38. The molecule has 2 N–H and O–H groups in total. The number of hydrogen-bond acceptors (Lipinski definition) is 2. The number of halogens is 3. The highest BCUT2D eigenvalue weighted by molar-refractivity contribution is 5.95. The van der Waals surface area contributed by atoms with E-state index in [1.54, 1.807) is 5.32 Å². The topological polar surface area (TPSA) is 58.2 Å². The van der Waals surface area contributed by atoms with E-state index in [9.17, 15) is 22.8 Å². The summed E-state index contributed by atoms with van der Waals surface area (Å²) in [5, 5.41) is 4.42. The van der Waals surface area contributed by atoms with Gasteiger partial charge in [0.05, 0.1) is 0 Å². The number of rotatable bonds is 7. The number of alkyl halides is 3. The molecule has 0 heterocycles. The number of unbranched alkanes of at least 4 members (excludes halogenated alkanes) is 1. The van der Waals surface area contributed by atoms with Crippen LogP contribution in [0.1, 0.15) is 24.8 Å². The fourth-order valence-electron chi connectivity index (χ4n) is 2.32. The molecule has 0 saturated heterocycles. The molecule has 0 aliphatic heterocycles. The Kier molecular flexibility index (Phi) is 6.77. The van der Waals surface area contributed by atoms with E-state index < -0.39 is 12.1 Å². The molecule has 138 valence electrons. The van der Waals surface area contributed by atoms with Gasteiger partial charge < -0.3 is 10.6 Å². The molecule has 2 rings (SSSR count). The van der Waals surface area contributed by atoms with Crippen molar-refractivity contribution in [2.75, 3.05) is 10.6 Å². The number of anilines is 2. The predicted octanol–water partition coefficient (Wildman–Crippen LogP) is 4.54. The summed E-state index contributed by atoms with van der Waals surface area (Å²) in [4.78, 5) is 22.7. The number of hydrogen-bond donors (Lipinski definition) is 2. The maximum absolute atomic E-state index is 12.2. The van der Waals surface area contributed by atoms with Crippen molar-refractivity contribution in [3.8, 4) is 0 Å². The lowest BCUT2D eigenvalue weighted by Crippen LogP contribution is -2.29. The maximum atomic E-state index is 12.2. The average molecular weight is 364 g/mol. The Morgan fingerprint density at radius 1 is 0.808 bits per heavy atom. The van der Waals surface area contributed by atoms with E-state index in [0.29, 0.717) is 12.1 Å². The summed E-state index contributed by atoms with van der Waals surface area (Å²) in [5.41, 5.74) is 1.70. The van der Waals surface area contributed by atoms with Crippen molar-refractivity contribution in [1.82, 2.24) is 0 Å². The van der Waals surface area contributed by atoms with Gasteiger partial charge in [-0.1, -0.05) is 30.3 Å². The molecule has 0 aliphatic rings. The second-order valence-electron chi connectivity index (χ2n) is 5.77. The van der Waals surface area contributed by atoms with Crippen LogP contribution in [0.25, 0.3) is 0 Å². The molecule has 2 amide bonds. The molecule has 26 heavy (non-hydrogen) atoms. The molecular formula is C19H19F3N2O2. The van der Waals surface area contributed by atoms with E-state index in [1.807, 2.05) is 30.3 Å². The second kappa shape index (κ2) is 9.03. The Morgan fingerprint density at radius 3 is 1.96 bits per heavy atom. The molecular weight excluding hydrogens is 345 g/mol. The van der Waals surface area contributed by atoms with Crippen molar-refractivity contribution in [1.29, 1.82) is 0 Å². The first-order valence-corrected chi connectivity index (χ1v) is 8.16. The average Bonchev–Trinajstić information content (AvgIpc) is 2.60. The minimum absolute atomic E-state index is 0.00758. The predicted molar refractivity (Wildman–Crippen MR) is 93.8 cm³/mol. The lowest BCUT2D eigenvalue weighted by molar-refractivity contribution is -0.167. The number of carbonyl (C=O) groups excluding carboxylic acids is 2. The summed E-state index contributed by atoms with van der Waals surface area (Å²) in [6, 6.07) is 15.5. The van der Waals surface area contributed by atoms with Gasteiger partial charge in [0.2, 0.25) is 5.91 Å². The fourth-order valence-corrected chi connectivity index (χ4v) is 2.32. The van der Waals surface area contributed by atoms with Gasteiger partial charge in [0.15, 0.2) is 0 Å². The molecule has 0 aliphatic carbocycles. The van der Waals surface area contributed by atoms with E-state index in [2.05, 4.69) is 5.32 Å². The van der Waals surface area contributed by atoms with Gasteiger partial charge in [0.1, 0.15) is 0 Å². The Labute approximate surface area is 149 Å². The summed E-state index contributed by atoms with van der Waals surface area (Å²) in [6.07, 6.45) is -2.05. The number of benzene rings is 2. The van der Waals surface area contributed by atoms with Crippen LogP contribution < -0.4 is 10.6 Å². The number of carbonyl (C=O) groups is 2. The zero-order valence-electron chi connectivity index (χ0n) is 14.0. The standard InChI is InChI=1S/C19H19F3N2O2/c20-19(21,22)18(26)24-16-12-10-15(11-13-16)23-17(25)9-5-4-8-14-6-2-1-3-7-14/h1-3,6-7,10-13H,4-5,8-9H2,(H,23,25)(H,24,26). The lowest BCUT2D eigenvalue weighted by Gasteiger charge is -2.09. The van der Waals surface area contributed by atoms with Gasteiger partial charge in [-0.3, -0.25) is 9.59 Å². The quantitative estimate of drug-likeness (QED) is 0.709. The van der Waals surface area contributed by atoms with Gasteiger partial charge in [-0.15, -0.1) is 0 Å². The Morgan fingerprint density at radius 2 is 1.38 bits per heavy atom. The lowest BCUT2D eigenvalue weighted by atomic mass is 10.1. The zero-order chi connectivity index (χ0) is 19.0. The van der Waals surface area contributed by atoms with Crippen molar-refractivity contribution >= 4 is 23.2 Å². The minimum atomic E-state index is -4.94. The Hall–Kier alpha value is -2.83. The van der Waals surface area contributed by atoms with Crippen LogP contribution in [0.15, 0.2) is 54.6 Å². The molecule has 0 spiro atoms. The van der Waals surface area contributed by atoms with Crippen LogP contribution >= 0.6 is 0 Å². The van der Waals surface area contributed by atoms with Gasteiger partial charge in [0.25, 0.3) is 0 Å². The summed E-state index contributed by atoms with van der Waals surface area (Å²) >= 11 is 0. The van der Waals surface area contributed by atoms with Crippen molar-refractivity contribution < 1.29 is 22.8 Å². The number of amides is 2. The number of nitrogens with one attached hydrogen (secondary N) is 2. The molecule has 0 unspecified atom stereocenters. The first-order valence-electron chi connectivity index (χ1n) is 8.16. The van der Waals surface area contributed by atoms with Gasteiger partial charge in [-0.2, -0.15) is 13.2 Å². The molecule has 0 saturated carbocycles. The molecule has 2 aromatic carbocycles. The second-order valence-corrected chi connectivity index (χ2v) is 5.77. The summed E-state index contributed by atoms with van der Waals surface area (Å²) in [6.45, 7) is 0. The largest absolute Gasteiger partial charge is 0.471 e. The Balaban J connectivity index is 1.72. The van der Waals surface area contributed by atoms with E-state index in [0.717, 1.165) is 19.3 Å². The first-order chi connectivity index (χ1) is 12.3. The van der Waals surface area contributed by atoms with Crippen molar-refractivity contribution in [3.05, 3.63) is 60.2 Å². The zero-order valence-corrected chi connectivity index (χ0v) is 14.0. The molecule has 0 radical (unpaired) electrons. The van der Waals surface area contributed by atoms with E-state index in [-0.39, 0.29) is 11.6 Å². The van der Waals surface area contributed by atoms with Crippen LogP contribution in [0.4, 0.5) is 24.5 Å². The number of aryl methyl sites for hydroxylation is 1. The molecule has 7 heteroatoms. The first kappa shape index (κ1) is 19.5. The molecule has 0 atom stereocenters. The van der Waals surface area contributed by atoms with Crippen LogP contribution in [0.3, 0.4) is 0 Å². The molecule has 0 fully saturated rings. The molecule has 2 aromatic rings. The monoisotopic (exact) mass is 364 g/mol. The molecule has 0 aromatic heterocycles. The summed E-state index contributed by atoms with van der Waals surface area (Å²) < 4.78 is 36.5. The summed E-state index contributed by atoms with van der Waals surface area (Å²) in [7, 11) is 0. The summed E-state index contributed by atoms with van der Waals surface area (Å²) in [5.74, 6) is -2.20.